The Morgan fingerprint density at radius 2 is 2.20 bits per heavy atom. The Hall–Kier alpha value is -0.430. The maximum Gasteiger partial charge on any atom is 0.221 e. The molecule has 0 saturated carbocycles. The zero-order chi connectivity index (χ0) is 11.4. The molecule has 0 fully saturated rings. The van der Waals surface area contributed by atoms with Crippen molar-refractivity contribution in [3.05, 3.63) is 16.9 Å². The fourth-order valence-electron chi connectivity index (χ4n) is 1.06. The Kier molecular flexibility index (Phi) is 4.72. The maximum atomic E-state index is 9.72. The lowest BCUT2D eigenvalue weighted by atomic mass is 10.1. The van der Waals surface area contributed by atoms with E-state index in [4.69, 9.17) is 17.3 Å². The fraction of sp³-hybridized carbons (Fsp3) is 0.500. The van der Waals surface area contributed by atoms with Gasteiger partial charge in [0.25, 0.3) is 0 Å². The summed E-state index contributed by atoms with van der Waals surface area (Å²) in [5.74, 6) is 0.0333. The first-order valence-corrected chi connectivity index (χ1v) is 5.76. The molecule has 0 aliphatic heterocycles. The zero-order valence-electron chi connectivity index (χ0n) is 7.77. The van der Waals surface area contributed by atoms with Crippen LogP contribution in [0.5, 0.6) is 0 Å². The van der Waals surface area contributed by atoms with Crippen molar-refractivity contribution in [2.45, 2.75) is 18.6 Å². The van der Waals surface area contributed by atoms with Gasteiger partial charge in [0.2, 0.25) is 5.95 Å². The Morgan fingerprint density at radius 3 is 2.73 bits per heavy atom. The first kappa shape index (κ1) is 12.6. The molecule has 0 radical (unpaired) electrons. The van der Waals surface area contributed by atoms with Crippen LogP contribution in [0.3, 0.4) is 0 Å². The molecule has 0 saturated heterocycles. The second-order valence-electron chi connectivity index (χ2n) is 2.96. The monoisotopic (exact) mass is 295 g/mol. The lowest BCUT2D eigenvalue weighted by Crippen LogP contribution is -2.19. The minimum Gasteiger partial charge on any atom is -0.390 e. The number of nitrogen functional groups attached to an aromatic ring is 1. The van der Waals surface area contributed by atoms with Crippen LogP contribution in [0.2, 0.25) is 5.15 Å². The third kappa shape index (κ3) is 3.27. The van der Waals surface area contributed by atoms with Crippen molar-refractivity contribution < 1.29 is 10.2 Å². The van der Waals surface area contributed by atoms with E-state index in [2.05, 4.69) is 25.9 Å². The summed E-state index contributed by atoms with van der Waals surface area (Å²) in [6.45, 7) is 0. The summed E-state index contributed by atoms with van der Waals surface area (Å²) in [7, 11) is 0. The van der Waals surface area contributed by atoms with Gasteiger partial charge in [-0.1, -0.05) is 27.5 Å². The van der Waals surface area contributed by atoms with Crippen LogP contribution in [-0.2, 0) is 0 Å². The number of anilines is 1. The molecule has 0 aromatic carbocycles. The van der Waals surface area contributed by atoms with E-state index < -0.39 is 12.2 Å². The largest absolute Gasteiger partial charge is 0.390 e. The van der Waals surface area contributed by atoms with Gasteiger partial charge < -0.3 is 15.9 Å². The maximum absolute atomic E-state index is 9.72. The molecule has 84 valence electrons. The molecule has 1 aromatic rings. The first-order chi connectivity index (χ1) is 7.06. The van der Waals surface area contributed by atoms with Crippen molar-refractivity contribution in [3.8, 4) is 0 Å². The summed E-state index contributed by atoms with van der Waals surface area (Å²) < 4.78 is 0. The van der Waals surface area contributed by atoms with Gasteiger partial charge in [0.05, 0.1) is 6.10 Å². The van der Waals surface area contributed by atoms with Crippen molar-refractivity contribution in [1.29, 1.82) is 0 Å². The van der Waals surface area contributed by atoms with Gasteiger partial charge in [-0.25, -0.2) is 9.97 Å². The summed E-state index contributed by atoms with van der Waals surface area (Å²) in [4.78, 5) is 7.39. The number of aromatic nitrogens is 2. The van der Waals surface area contributed by atoms with E-state index in [-0.39, 0.29) is 16.7 Å². The normalized spacial score (nSPS) is 14.9. The van der Waals surface area contributed by atoms with Gasteiger partial charge in [-0.3, -0.25) is 0 Å². The van der Waals surface area contributed by atoms with Crippen molar-refractivity contribution in [2.75, 3.05) is 11.1 Å². The van der Waals surface area contributed by atoms with E-state index >= 15 is 0 Å². The van der Waals surface area contributed by atoms with E-state index in [9.17, 15) is 10.2 Å². The summed E-state index contributed by atoms with van der Waals surface area (Å²) >= 11 is 8.92. The van der Waals surface area contributed by atoms with Crippen LogP contribution in [0.1, 0.15) is 18.1 Å². The average molecular weight is 297 g/mol. The highest BCUT2D eigenvalue weighted by Crippen LogP contribution is 2.24. The number of hydrogen-bond acceptors (Lipinski definition) is 5. The SMILES string of the molecule is Nc1ncc(C(O)C(O)CCBr)c(Cl)n1. The van der Waals surface area contributed by atoms with E-state index in [0.29, 0.717) is 11.8 Å². The van der Waals surface area contributed by atoms with Crippen LogP contribution >= 0.6 is 27.5 Å². The van der Waals surface area contributed by atoms with Gasteiger partial charge >= 0.3 is 0 Å². The molecule has 4 N–H and O–H groups in total. The van der Waals surface area contributed by atoms with Gasteiger partial charge in [-0.2, -0.15) is 0 Å². The third-order valence-electron chi connectivity index (χ3n) is 1.87. The molecule has 1 aromatic heterocycles. The van der Waals surface area contributed by atoms with Crippen molar-refractivity contribution >= 4 is 33.5 Å². The van der Waals surface area contributed by atoms with Gasteiger partial charge in [0, 0.05) is 17.1 Å². The van der Waals surface area contributed by atoms with Crippen molar-refractivity contribution in [3.63, 3.8) is 0 Å². The number of nitrogens with zero attached hydrogens (tertiary/aromatic N) is 2. The smallest absolute Gasteiger partial charge is 0.221 e. The minimum absolute atomic E-state index is 0.0333. The highest BCUT2D eigenvalue weighted by Gasteiger charge is 2.21. The van der Waals surface area contributed by atoms with E-state index in [1.807, 2.05) is 0 Å². The molecule has 7 heteroatoms. The van der Waals surface area contributed by atoms with Crippen molar-refractivity contribution in [2.24, 2.45) is 0 Å². The number of halogens is 2. The number of rotatable bonds is 4. The number of alkyl halides is 1. The molecule has 1 rings (SSSR count). The predicted octanol–water partition coefficient (Wildman–Crippen LogP) is 0.891. The number of hydrogen-bond donors (Lipinski definition) is 3. The molecule has 1 heterocycles. The molecule has 0 aliphatic carbocycles. The molecule has 2 unspecified atom stereocenters. The highest BCUT2D eigenvalue weighted by atomic mass is 79.9. The van der Waals surface area contributed by atoms with E-state index in [0.717, 1.165) is 0 Å². The van der Waals surface area contributed by atoms with Gasteiger partial charge in [0.1, 0.15) is 11.3 Å². The van der Waals surface area contributed by atoms with Gasteiger partial charge in [0.15, 0.2) is 0 Å². The molecule has 0 spiro atoms. The Bertz CT molecular complexity index is 340. The quantitative estimate of drug-likeness (QED) is 0.567. The Balaban J connectivity index is 2.86. The number of aliphatic hydroxyl groups excluding tert-OH is 2. The predicted molar refractivity (Wildman–Crippen MR) is 60.8 cm³/mol. The molecule has 2 atom stereocenters. The Labute approximate surface area is 100 Å². The third-order valence-corrected chi connectivity index (χ3v) is 2.64. The highest BCUT2D eigenvalue weighted by molar-refractivity contribution is 9.09. The molecule has 0 bridgehead atoms. The molecule has 0 amide bonds. The molecule has 15 heavy (non-hydrogen) atoms. The second kappa shape index (κ2) is 5.60. The number of nitrogens with two attached hydrogens (primary N) is 1. The van der Waals surface area contributed by atoms with E-state index in [1.165, 1.54) is 6.20 Å². The summed E-state index contributed by atoms with van der Waals surface area (Å²) in [5, 5.41) is 19.9. The summed E-state index contributed by atoms with van der Waals surface area (Å²) in [5.41, 5.74) is 5.58. The second-order valence-corrected chi connectivity index (χ2v) is 4.12. The van der Waals surface area contributed by atoms with Gasteiger partial charge in [-0.15, -0.1) is 0 Å². The summed E-state index contributed by atoms with van der Waals surface area (Å²) in [6.07, 6.45) is -0.293. The average Bonchev–Trinajstić information content (AvgIpc) is 2.17. The zero-order valence-corrected chi connectivity index (χ0v) is 10.1. The molecular weight excluding hydrogens is 285 g/mol. The standard InChI is InChI=1S/C8H11BrClN3O2/c9-2-1-5(14)6(15)4-3-12-8(11)13-7(4)10/h3,5-6,14-15H,1-2H2,(H2,11,12,13). The lowest BCUT2D eigenvalue weighted by molar-refractivity contribution is 0.0170. The fourth-order valence-corrected chi connectivity index (χ4v) is 1.77. The van der Waals surface area contributed by atoms with Crippen LogP contribution in [0.25, 0.3) is 0 Å². The van der Waals surface area contributed by atoms with Crippen LogP contribution in [0.4, 0.5) is 5.95 Å². The molecular formula is C8H11BrClN3O2. The van der Waals surface area contributed by atoms with Gasteiger partial charge in [-0.05, 0) is 6.42 Å². The van der Waals surface area contributed by atoms with Crippen molar-refractivity contribution in [1.82, 2.24) is 9.97 Å². The van der Waals surface area contributed by atoms with Crippen LogP contribution < -0.4 is 5.73 Å². The van der Waals surface area contributed by atoms with E-state index in [1.54, 1.807) is 0 Å². The first-order valence-electron chi connectivity index (χ1n) is 4.26. The lowest BCUT2D eigenvalue weighted by Gasteiger charge is -2.17. The Morgan fingerprint density at radius 1 is 1.53 bits per heavy atom. The topological polar surface area (TPSA) is 92.3 Å². The minimum atomic E-state index is -1.10. The van der Waals surface area contributed by atoms with Crippen LogP contribution in [0, 0.1) is 0 Å². The molecule has 5 nitrogen and oxygen atoms in total. The number of aliphatic hydroxyl groups is 2. The van der Waals surface area contributed by atoms with Crippen LogP contribution in [-0.4, -0.2) is 31.6 Å². The summed E-state index contributed by atoms with van der Waals surface area (Å²) in [6, 6.07) is 0. The molecule has 0 aliphatic rings. The van der Waals surface area contributed by atoms with Crippen LogP contribution in [0.15, 0.2) is 6.20 Å².